The minimum atomic E-state index is 0.894. The van der Waals surface area contributed by atoms with Gasteiger partial charge in [-0.3, -0.25) is 4.57 Å². The lowest BCUT2D eigenvalue weighted by molar-refractivity contribution is 0.669. The highest BCUT2D eigenvalue weighted by Gasteiger charge is 2.17. The molecule has 224 valence electrons. The van der Waals surface area contributed by atoms with Crippen LogP contribution in [-0.2, 0) is 0 Å². The zero-order chi connectivity index (χ0) is 31.6. The summed E-state index contributed by atoms with van der Waals surface area (Å²) in [7, 11) is 0. The third kappa shape index (κ3) is 4.25. The number of rotatable bonds is 4. The van der Waals surface area contributed by atoms with Gasteiger partial charge < -0.3 is 4.42 Å². The van der Waals surface area contributed by atoms with E-state index in [0.717, 1.165) is 49.9 Å². The molecule has 3 nitrogen and oxygen atoms in total. The number of aromatic nitrogens is 2. The van der Waals surface area contributed by atoms with Gasteiger partial charge in [-0.05, 0) is 98.8 Å². The predicted octanol–water partition coefficient (Wildman–Crippen LogP) is 12.2. The SMILES string of the molecule is c1ccc(-c2ccnc(-n3c4ccc(-c5ccc6oc7ccccc7c6c5)cc4c4ccc(-c5ccc6ccccc6c5)cc43)c2)cc1. The van der Waals surface area contributed by atoms with Crippen LogP contribution in [0.25, 0.3) is 93.7 Å². The molecule has 0 N–H and O–H groups in total. The normalized spacial score (nSPS) is 11.8. The van der Waals surface area contributed by atoms with E-state index >= 15 is 0 Å². The van der Waals surface area contributed by atoms with Crippen molar-refractivity contribution in [3.05, 3.63) is 170 Å². The van der Waals surface area contributed by atoms with Gasteiger partial charge in [-0.1, -0.05) is 109 Å². The van der Waals surface area contributed by atoms with E-state index in [9.17, 15) is 0 Å². The van der Waals surface area contributed by atoms with Crippen LogP contribution in [0.15, 0.2) is 174 Å². The number of nitrogens with zero attached hydrogens (tertiary/aromatic N) is 2. The van der Waals surface area contributed by atoms with Crippen molar-refractivity contribution in [1.82, 2.24) is 9.55 Å². The molecule has 3 heterocycles. The monoisotopic (exact) mass is 612 g/mol. The molecule has 3 aromatic heterocycles. The van der Waals surface area contributed by atoms with E-state index in [2.05, 4.69) is 156 Å². The van der Waals surface area contributed by atoms with E-state index in [1.54, 1.807) is 0 Å². The van der Waals surface area contributed by atoms with E-state index < -0.39 is 0 Å². The van der Waals surface area contributed by atoms with Gasteiger partial charge in [-0.2, -0.15) is 0 Å². The van der Waals surface area contributed by atoms with Crippen LogP contribution in [0.4, 0.5) is 0 Å². The number of hydrogen-bond donors (Lipinski definition) is 0. The van der Waals surface area contributed by atoms with Crippen LogP contribution < -0.4 is 0 Å². The fourth-order valence-electron chi connectivity index (χ4n) is 7.25. The summed E-state index contributed by atoms with van der Waals surface area (Å²) in [5.41, 5.74) is 11.1. The maximum absolute atomic E-state index is 6.13. The third-order valence-electron chi connectivity index (χ3n) is 9.64. The smallest absolute Gasteiger partial charge is 0.138 e. The molecule has 3 heteroatoms. The van der Waals surface area contributed by atoms with Crippen molar-refractivity contribution in [1.29, 1.82) is 0 Å². The number of para-hydroxylation sites is 1. The Hall–Kier alpha value is -6.45. The average molecular weight is 613 g/mol. The molecule has 0 saturated carbocycles. The van der Waals surface area contributed by atoms with Crippen LogP contribution in [0.3, 0.4) is 0 Å². The fourth-order valence-corrected chi connectivity index (χ4v) is 7.25. The summed E-state index contributed by atoms with van der Waals surface area (Å²) in [6.45, 7) is 0. The summed E-state index contributed by atoms with van der Waals surface area (Å²) < 4.78 is 8.44. The lowest BCUT2D eigenvalue weighted by Crippen LogP contribution is -1.98. The van der Waals surface area contributed by atoms with Crippen LogP contribution in [0.2, 0.25) is 0 Å². The van der Waals surface area contributed by atoms with Crippen molar-refractivity contribution in [2.24, 2.45) is 0 Å². The van der Waals surface area contributed by atoms with E-state index in [0.29, 0.717) is 0 Å². The molecule has 0 aliphatic carbocycles. The first kappa shape index (κ1) is 26.7. The van der Waals surface area contributed by atoms with Crippen LogP contribution in [0, 0.1) is 0 Å². The summed E-state index contributed by atoms with van der Waals surface area (Å²) >= 11 is 0. The average Bonchev–Trinajstić information content (AvgIpc) is 3.69. The molecular weight excluding hydrogens is 585 g/mol. The number of hydrogen-bond acceptors (Lipinski definition) is 2. The van der Waals surface area contributed by atoms with Crippen molar-refractivity contribution >= 4 is 54.5 Å². The lowest BCUT2D eigenvalue weighted by atomic mass is 9.99. The first-order chi connectivity index (χ1) is 23.8. The predicted molar refractivity (Wildman–Crippen MR) is 200 cm³/mol. The minimum absolute atomic E-state index is 0.894. The minimum Gasteiger partial charge on any atom is -0.456 e. The van der Waals surface area contributed by atoms with E-state index in [-0.39, 0.29) is 0 Å². The Morgan fingerprint density at radius 3 is 1.96 bits per heavy atom. The van der Waals surface area contributed by atoms with Crippen LogP contribution in [0.1, 0.15) is 0 Å². The summed E-state index contributed by atoms with van der Waals surface area (Å²) in [4.78, 5) is 4.94. The molecule has 0 bridgehead atoms. The molecule has 0 radical (unpaired) electrons. The van der Waals surface area contributed by atoms with Gasteiger partial charge in [0.1, 0.15) is 17.0 Å². The number of pyridine rings is 1. The van der Waals surface area contributed by atoms with Gasteiger partial charge in [0.15, 0.2) is 0 Å². The number of furan rings is 1. The highest BCUT2D eigenvalue weighted by molar-refractivity contribution is 6.12. The first-order valence-corrected chi connectivity index (χ1v) is 16.3. The summed E-state index contributed by atoms with van der Waals surface area (Å²) in [5.74, 6) is 0.894. The topological polar surface area (TPSA) is 31.0 Å². The van der Waals surface area contributed by atoms with E-state index in [1.807, 2.05) is 18.3 Å². The third-order valence-corrected chi connectivity index (χ3v) is 9.64. The molecule has 0 aliphatic heterocycles. The molecule has 7 aromatic carbocycles. The molecule has 0 spiro atoms. The van der Waals surface area contributed by atoms with Crippen molar-refractivity contribution in [3.8, 4) is 39.2 Å². The number of benzene rings is 7. The molecule has 0 saturated heterocycles. The largest absolute Gasteiger partial charge is 0.456 e. The zero-order valence-corrected chi connectivity index (χ0v) is 26.0. The Kier molecular flexibility index (Phi) is 5.87. The van der Waals surface area contributed by atoms with Crippen LogP contribution in [0.5, 0.6) is 0 Å². The Balaban J connectivity index is 1.20. The number of fused-ring (bicyclic) bond motifs is 7. The first-order valence-electron chi connectivity index (χ1n) is 16.3. The zero-order valence-electron chi connectivity index (χ0n) is 26.0. The molecular formula is C45H28N2O. The Labute approximate surface area is 277 Å². The standard InChI is InChI=1S/C45H28N2O/c1-2-8-29(9-3-1)36-22-23-46-45(28-36)47-41-20-17-33(34-18-21-44-40(26-34)38-12-6-7-13-43(38)48-44)25-39(41)37-19-16-35(27-42(37)47)32-15-14-30-10-4-5-11-31(30)24-32/h1-28H. The van der Waals surface area contributed by atoms with Crippen molar-refractivity contribution in [3.63, 3.8) is 0 Å². The molecule has 0 unspecified atom stereocenters. The molecule has 0 aliphatic rings. The highest BCUT2D eigenvalue weighted by atomic mass is 16.3. The summed E-state index contributed by atoms with van der Waals surface area (Å²) in [5, 5.41) is 7.13. The van der Waals surface area contributed by atoms with E-state index in [4.69, 9.17) is 9.40 Å². The molecule has 0 amide bonds. The molecule has 48 heavy (non-hydrogen) atoms. The van der Waals surface area contributed by atoms with Gasteiger partial charge >= 0.3 is 0 Å². The summed E-state index contributed by atoms with van der Waals surface area (Å²) in [6.07, 6.45) is 1.92. The maximum atomic E-state index is 6.13. The lowest BCUT2D eigenvalue weighted by Gasteiger charge is -2.11. The Morgan fingerprint density at radius 1 is 0.375 bits per heavy atom. The van der Waals surface area contributed by atoms with E-state index in [1.165, 1.54) is 43.8 Å². The van der Waals surface area contributed by atoms with Gasteiger partial charge in [0, 0.05) is 27.7 Å². The molecule has 10 rings (SSSR count). The van der Waals surface area contributed by atoms with Crippen molar-refractivity contribution in [2.45, 2.75) is 0 Å². The second-order valence-corrected chi connectivity index (χ2v) is 12.4. The van der Waals surface area contributed by atoms with Crippen molar-refractivity contribution in [2.75, 3.05) is 0 Å². The maximum Gasteiger partial charge on any atom is 0.138 e. The molecule has 10 aromatic rings. The molecule has 0 atom stereocenters. The van der Waals surface area contributed by atoms with Gasteiger partial charge in [-0.15, -0.1) is 0 Å². The van der Waals surface area contributed by atoms with Gasteiger partial charge in [-0.25, -0.2) is 4.98 Å². The van der Waals surface area contributed by atoms with Gasteiger partial charge in [0.2, 0.25) is 0 Å². The van der Waals surface area contributed by atoms with Gasteiger partial charge in [0.25, 0.3) is 0 Å². The second-order valence-electron chi connectivity index (χ2n) is 12.4. The fraction of sp³-hybridized carbons (Fsp3) is 0. The Bertz CT molecular complexity index is 2840. The quantitative estimate of drug-likeness (QED) is 0.198. The van der Waals surface area contributed by atoms with Gasteiger partial charge in [0.05, 0.1) is 11.0 Å². The van der Waals surface area contributed by atoms with Crippen LogP contribution >= 0.6 is 0 Å². The summed E-state index contributed by atoms with van der Waals surface area (Å²) in [6, 6.07) is 58.4. The second kappa shape index (κ2) is 10.5. The Morgan fingerprint density at radius 2 is 1.04 bits per heavy atom. The van der Waals surface area contributed by atoms with Crippen molar-refractivity contribution < 1.29 is 4.42 Å². The van der Waals surface area contributed by atoms with Crippen LogP contribution in [-0.4, -0.2) is 9.55 Å². The molecule has 0 fully saturated rings. The highest BCUT2D eigenvalue weighted by Crippen LogP contribution is 2.39.